The summed E-state index contributed by atoms with van der Waals surface area (Å²) in [5.41, 5.74) is 4.57. The number of rotatable bonds is 6. The van der Waals surface area contributed by atoms with E-state index in [2.05, 4.69) is 16.0 Å². The van der Waals surface area contributed by atoms with Crippen molar-refractivity contribution in [2.45, 2.75) is 13.5 Å². The van der Waals surface area contributed by atoms with Gasteiger partial charge in [0.1, 0.15) is 17.4 Å². The zero-order valence-electron chi connectivity index (χ0n) is 18.3. The van der Waals surface area contributed by atoms with Crippen LogP contribution >= 0.6 is 11.6 Å². The molecule has 3 aromatic carbocycles. The summed E-state index contributed by atoms with van der Waals surface area (Å²) >= 11 is 6.03. The molecule has 33 heavy (non-hydrogen) atoms. The summed E-state index contributed by atoms with van der Waals surface area (Å²) in [6.45, 7) is 2.65. The molecule has 0 spiro atoms. The van der Waals surface area contributed by atoms with Crippen LogP contribution < -0.4 is 10.1 Å². The molecule has 0 bridgehead atoms. The Hall–Kier alpha value is -4.01. The van der Waals surface area contributed by atoms with Gasteiger partial charge in [-0.2, -0.15) is 5.26 Å². The highest BCUT2D eigenvalue weighted by molar-refractivity contribution is 6.30. The molecule has 6 heteroatoms. The van der Waals surface area contributed by atoms with E-state index in [1.807, 2.05) is 55.5 Å². The molecular formula is C27H22ClN3O2. The molecule has 0 radical (unpaired) electrons. The standard InChI is InChI=1S/C27H22ClN3O2/c1-18-25(15-20(16-29)27(32)30-22-11-13-23(33-2)14-12-22)24-5-3-4-6-26(24)31(18)17-19-7-9-21(28)10-8-19/h3-15H,17H2,1-2H3,(H,30,32)/b20-15-. The number of para-hydroxylation sites is 1. The van der Waals surface area contributed by atoms with E-state index in [0.717, 1.165) is 27.7 Å². The number of carbonyl (C=O) groups is 1. The highest BCUT2D eigenvalue weighted by atomic mass is 35.5. The molecule has 0 aliphatic heterocycles. The summed E-state index contributed by atoms with van der Waals surface area (Å²) < 4.78 is 7.32. The van der Waals surface area contributed by atoms with Gasteiger partial charge in [-0.15, -0.1) is 0 Å². The monoisotopic (exact) mass is 455 g/mol. The van der Waals surface area contributed by atoms with Gasteiger partial charge in [0.25, 0.3) is 5.91 Å². The second-order valence-electron chi connectivity index (χ2n) is 7.58. The van der Waals surface area contributed by atoms with Crippen LogP contribution in [0.2, 0.25) is 5.02 Å². The van der Waals surface area contributed by atoms with Gasteiger partial charge in [0.2, 0.25) is 0 Å². The fourth-order valence-corrected chi connectivity index (χ4v) is 3.91. The first-order valence-electron chi connectivity index (χ1n) is 10.4. The summed E-state index contributed by atoms with van der Waals surface area (Å²) in [7, 11) is 1.58. The van der Waals surface area contributed by atoms with Crippen LogP contribution in [0.15, 0.2) is 78.4 Å². The van der Waals surface area contributed by atoms with Gasteiger partial charge in [-0.25, -0.2) is 0 Å². The highest BCUT2D eigenvalue weighted by Gasteiger charge is 2.16. The number of ether oxygens (including phenoxy) is 1. The van der Waals surface area contributed by atoms with Gasteiger partial charge in [-0.3, -0.25) is 4.79 Å². The summed E-state index contributed by atoms with van der Waals surface area (Å²) in [4.78, 5) is 12.8. The van der Waals surface area contributed by atoms with Crippen molar-refractivity contribution in [2.24, 2.45) is 0 Å². The zero-order chi connectivity index (χ0) is 23.4. The van der Waals surface area contributed by atoms with Gasteiger partial charge in [0.05, 0.1) is 7.11 Å². The summed E-state index contributed by atoms with van der Waals surface area (Å²) in [6.07, 6.45) is 1.66. The quantitative estimate of drug-likeness (QED) is 0.278. The number of amides is 1. The molecule has 0 saturated carbocycles. The van der Waals surface area contributed by atoms with Crippen LogP contribution in [0.25, 0.3) is 17.0 Å². The van der Waals surface area contributed by atoms with Crippen molar-refractivity contribution in [3.63, 3.8) is 0 Å². The molecule has 1 aromatic heterocycles. The number of hydrogen-bond acceptors (Lipinski definition) is 3. The van der Waals surface area contributed by atoms with Crippen molar-refractivity contribution in [3.05, 3.63) is 100 Å². The Kier molecular flexibility index (Phi) is 6.48. The molecule has 0 aliphatic rings. The first kappa shape index (κ1) is 22.2. The fourth-order valence-electron chi connectivity index (χ4n) is 3.78. The Morgan fingerprint density at radius 2 is 1.79 bits per heavy atom. The molecule has 4 rings (SSSR count). The fraction of sp³-hybridized carbons (Fsp3) is 0.111. The van der Waals surface area contributed by atoms with E-state index in [1.165, 1.54) is 0 Å². The topological polar surface area (TPSA) is 67.0 Å². The summed E-state index contributed by atoms with van der Waals surface area (Å²) in [6, 6.07) is 24.7. The lowest BCUT2D eigenvalue weighted by Gasteiger charge is -2.09. The number of hydrogen-bond donors (Lipinski definition) is 1. The van der Waals surface area contributed by atoms with Crippen LogP contribution in [0.3, 0.4) is 0 Å². The third-order valence-electron chi connectivity index (χ3n) is 5.54. The van der Waals surface area contributed by atoms with Gasteiger partial charge in [-0.1, -0.05) is 41.9 Å². The van der Waals surface area contributed by atoms with Crippen LogP contribution in [0.4, 0.5) is 5.69 Å². The number of benzene rings is 3. The molecule has 1 N–H and O–H groups in total. The smallest absolute Gasteiger partial charge is 0.266 e. The Balaban J connectivity index is 1.70. The number of anilines is 1. The van der Waals surface area contributed by atoms with Crippen molar-refractivity contribution in [2.75, 3.05) is 12.4 Å². The number of aromatic nitrogens is 1. The van der Waals surface area contributed by atoms with E-state index in [-0.39, 0.29) is 5.57 Å². The van der Waals surface area contributed by atoms with Gasteiger partial charge in [0.15, 0.2) is 0 Å². The van der Waals surface area contributed by atoms with Gasteiger partial charge >= 0.3 is 0 Å². The minimum absolute atomic E-state index is 0.0308. The third-order valence-corrected chi connectivity index (χ3v) is 5.79. The Labute approximate surface area is 197 Å². The average Bonchev–Trinajstić information content (AvgIpc) is 3.10. The number of nitrogens with zero attached hydrogens (tertiary/aromatic N) is 2. The SMILES string of the molecule is COc1ccc(NC(=O)/C(C#N)=C\c2c(C)n(Cc3ccc(Cl)cc3)c3ccccc23)cc1. The van der Waals surface area contributed by atoms with Crippen molar-refractivity contribution < 1.29 is 9.53 Å². The Morgan fingerprint density at radius 3 is 2.45 bits per heavy atom. The normalized spacial score (nSPS) is 11.3. The average molecular weight is 456 g/mol. The molecule has 164 valence electrons. The Bertz CT molecular complexity index is 1380. The summed E-state index contributed by atoms with van der Waals surface area (Å²) in [5, 5.41) is 14.2. The highest BCUT2D eigenvalue weighted by Crippen LogP contribution is 2.29. The van der Waals surface area contributed by atoms with Crippen molar-refractivity contribution in [3.8, 4) is 11.8 Å². The first-order chi connectivity index (χ1) is 16.0. The predicted octanol–water partition coefficient (Wildman–Crippen LogP) is 6.21. The van der Waals surface area contributed by atoms with Crippen LogP contribution in [-0.4, -0.2) is 17.6 Å². The van der Waals surface area contributed by atoms with Crippen LogP contribution in [0.1, 0.15) is 16.8 Å². The maximum absolute atomic E-state index is 12.8. The minimum atomic E-state index is -0.461. The molecule has 0 atom stereocenters. The lowest BCUT2D eigenvalue weighted by molar-refractivity contribution is -0.112. The van der Waals surface area contributed by atoms with Gasteiger partial charge < -0.3 is 14.6 Å². The van der Waals surface area contributed by atoms with E-state index in [4.69, 9.17) is 16.3 Å². The van der Waals surface area contributed by atoms with E-state index in [9.17, 15) is 10.1 Å². The maximum atomic E-state index is 12.8. The number of methoxy groups -OCH3 is 1. The lowest BCUT2D eigenvalue weighted by Crippen LogP contribution is -2.13. The van der Waals surface area contributed by atoms with Crippen molar-refractivity contribution in [1.82, 2.24) is 4.57 Å². The molecule has 0 aliphatic carbocycles. The Morgan fingerprint density at radius 1 is 1.09 bits per heavy atom. The molecule has 4 aromatic rings. The number of carbonyl (C=O) groups excluding carboxylic acids is 1. The first-order valence-corrected chi connectivity index (χ1v) is 10.8. The second kappa shape index (κ2) is 9.64. The third kappa shape index (κ3) is 4.77. The van der Waals surface area contributed by atoms with Crippen LogP contribution in [0, 0.1) is 18.3 Å². The molecular weight excluding hydrogens is 434 g/mol. The lowest BCUT2D eigenvalue weighted by atomic mass is 10.1. The summed E-state index contributed by atoms with van der Waals surface area (Å²) in [5.74, 6) is 0.227. The molecule has 1 amide bonds. The molecule has 0 unspecified atom stereocenters. The molecule has 0 saturated heterocycles. The maximum Gasteiger partial charge on any atom is 0.266 e. The predicted molar refractivity (Wildman–Crippen MR) is 132 cm³/mol. The van der Waals surface area contributed by atoms with E-state index < -0.39 is 5.91 Å². The van der Waals surface area contributed by atoms with Crippen molar-refractivity contribution in [1.29, 1.82) is 5.26 Å². The van der Waals surface area contributed by atoms with Gasteiger partial charge in [0, 0.05) is 39.4 Å². The van der Waals surface area contributed by atoms with Crippen LogP contribution in [0.5, 0.6) is 5.75 Å². The van der Waals surface area contributed by atoms with Gasteiger partial charge in [-0.05, 0) is 61.0 Å². The number of halogens is 1. The van der Waals surface area contributed by atoms with E-state index in [1.54, 1.807) is 37.5 Å². The largest absolute Gasteiger partial charge is 0.497 e. The number of fused-ring (bicyclic) bond motifs is 1. The van der Waals surface area contributed by atoms with E-state index in [0.29, 0.717) is 23.0 Å². The number of nitriles is 1. The van der Waals surface area contributed by atoms with Crippen LogP contribution in [-0.2, 0) is 11.3 Å². The second-order valence-corrected chi connectivity index (χ2v) is 8.02. The van der Waals surface area contributed by atoms with Crippen molar-refractivity contribution >= 4 is 40.2 Å². The van der Waals surface area contributed by atoms with E-state index >= 15 is 0 Å². The zero-order valence-corrected chi connectivity index (χ0v) is 19.1. The molecule has 0 fully saturated rings. The molecule has 5 nitrogen and oxygen atoms in total. The minimum Gasteiger partial charge on any atom is -0.497 e. The number of nitrogens with one attached hydrogen (secondary N) is 1. The molecule has 1 heterocycles.